The monoisotopic (exact) mass is 544 g/mol. The van der Waals surface area contributed by atoms with Crippen molar-refractivity contribution in [2.75, 3.05) is 24.5 Å². The number of halogens is 2. The number of carboxylic acids is 1. The Morgan fingerprint density at radius 1 is 0.925 bits per heavy atom. The topological polar surface area (TPSA) is 77.9 Å². The summed E-state index contributed by atoms with van der Waals surface area (Å²) in [6, 6.07) is 15.1. The number of carbonyl (C=O) groups is 3. The summed E-state index contributed by atoms with van der Waals surface area (Å²) < 4.78 is 27.2. The third-order valence-electron chi connectivity index (χ3n) is 8.97. The summed E-state index contributed by atoms with van der Waals surface area (Å²) in [6.45, 7) is 4.98. The summed E-state index contributed by atoms with van der Waals surface area (Å²) in [7, 11) is 0. The van der Waals surface area contributed by atoms with Gasteiger partial charge in [0.1, 0.15) is 0 Å². The van der Waals surface area contributed by atoms with Crippen LogP contribution in [0.25, 0.3) is 0 Å². The minimum absolute atomic E-state index is 0.00188. The first-order valence-corrected chi connectivity index (χ1v) is 13.6. The van der Waals surface area contributed by atoms with E-state index in [1.807, 2.05) is 28.0 Å². The fraction of sp³-hybridized carbons (Fsp3) is 0.344. The Labute approximate surface area is 231 Å². The molecule has 3 aromatic carbocycles. The number of para-hydroxylation sites is 1. The molecule has 8 heteroatoms. The molecule has 0 aromatic heterocycles. The van der Waals surface area contributed by atoms with Gasteiger partial charge in [0.15, 0.2) is 11.6 Å². The van der Waals surface area contributed by atoms with Gasteiger partial charge < -0.3 is 14.9 Å². The number of carboxylic acid groups (broad SMARTS) is 1. The maximum absolute atomic E-state index is 13.8. The number of aryl methyl sites for hydroxylation is 2. The number of hydrogen-bond acceptors (Lipinski definition) is 3. The van der Waals surface area contributed by atoms with Crippen molar-refractivity contribution in [1.82, 2.24) is 4.90 Å². The normalized spacial score (nSPS) is 20.9. The molecule has 206 valence electrons. The minimum atomic E-state index is -1.00. The number of benzene rings is 3. The lowest BCUT2D eigenvalue weighted by Gasteiger charge is -2.40. The van der Waals surface area contributed by atoms with Crippen LogP contribution in [-0.4, -0.2) is 47.4 Å². The summed E-state index contributed by atoms with van der Waals surface area (Å²) in [5.74, 6) is -3.30. The quantitative estimate of drug-likeness (QED) is 0.464. The van der Waals surface area contributed by atoms with Crippen molar-refractivity contribution in [1.29, 1.82) is 0 Å². The van der Waals surface area contributed by atoms with E-state index in [2.05, 4.69) is 6.07 Å². The van der Waals surface area contributed by atoms with Gasteiger partial charge in [-0.05, 0) is 91.6 Å². The van der Waals surface area contributed by atoms with Crippen LogP contribution in [0.2, 0.25) is 0 Å². The Kier molecular flexibility index (Phi) is 6.24. The number of likely N-dealkylation sites (tertiary alicyclic amines) is 1. The van der Waals surface area contributed by atoms with Crippen molar-refractivity contribution in [3.8, 4) is 0 Å². The number of piperidine rings is 1. The molecular formula is C32H30F2N2O4. The molecular weight excluding hydrogens is 514 g/mol. The second-order valence-electron chi connectivity index (χ2n) is 11.4. The van der Waals surface area contributed by atoms with Gasteiger partial charge in [-0.15, -0.1) is 0 Å². The van der Waals surface area contributed by atoms with Crippen molar-refractivity contribution in [3.63, 3.8) is 0 Å². The predicted molar refractivity (Wildman–Crippen MR) is 146 cm³/mol. The van der Waals surface area contributed by atoms with Crippen molar-refractivity contribution in [2.24, 2.45) is 5.92 Å². The summed E-state index contributed by atoms with van der Waals surface area (Å²) in [5, 5.41) is 9.46. The number of anilines is 1. The van der Waals surface area contributed by atoms with E-state index in [1.165, 1.54) is 6.07 Å². The Balaban J connectivity index is 1.18. The number of amides is 2. The third-order valence-corrected chi connectivity index (χ3v) is 8.97. The molecule has 1 aliphatic carbocycles. The lowest BCUT2D eigenvalue weighted by molar-refractivity contribution is -0.120. The van der Waals surface area contributed by atoms with Gasteiger partial charge in [0.25, 0.3) is 5.91 Å². The van der Waals surface area contributed by atoms with E-state index in [1.54, 1.807) is 32.0 Å². The Bertz CT molecular complexity index is 1540. The molecule has 40 heavy (non-hydrogen) atoms. The van der Waals surface area contributed by atoms with Crippen molar-refractivity contribution in [3.05, 3.63) is 99.6 Å². The summed E-state index contributed by atoms with van der Waals surface area (Å²) in [6.07, 6.45) is 2.00. The average molecular weight is 545 g/mol. The van der Waals surface area contributed by atoms with Crippen molar-refractivity contribution < 1.29 is 28.3 Å². The molecule has 1 saturated carbocycles. The molecule has 0 bridgehead atoms. The summed E-state index contributed by atoms with van der Waals surface area (Å²) in [4.78, 5) is 42.3. The first-order valence-electron chi connectivity index (χ1n) is 13.6. The maximum Gasteiger partial charge on any atom is 0.336 e. The highest BCUT2D eigenvalue weighted by atomic mass is 19.2. The van der Waals surface area contributed by atoms with Crippen LogP contribution in [0, 0.1) is 31.4 Å². The molecule has 2 unspecified atom stereocenters. The fourth-order valence-electron chi connectivity index (χ4n) is 6.78. The van der Waals surface area contributed by atoms with E-state index in [-0.39, 0.29) is 34.6 Å². The maximum atomic E-state index is 13.8. The molecule has 2 fully saturated rings. The average Bonchev–Trinajstić information content (AvgIpc) is 3.67. The highest BCUT2D eigenvalue weighted by Gasteiger charge is 2.52. The third kappa shape index (κ3) is 4.26. The number of aromatic carboxylic acids is 1. The lowest BCUT2D eigenvalue weighted by atomic mass is 9.74. The smallest absolute Gasteiger partial charge is 0.336 e. The van der Waals surface area contributed by atoms with Crippen LogP contribution < -0.4 is 4.90 Å². The molecule has 0 radical (unpaired) electrons. The predicted octanol–water partition coefficient (Wildman–Crippen LogP) is 5.60. The van der Waals surface area contributed by atoms with Gasteiger partial charge >= 0.3 is 5.97 Å². The van der Waals surface area contributed by atoms with E-state index >= 15 is 0 Å². The number of hydrogen-bond donors (Lipinski definition) is 1. The van der Waals surface area contributed by atoms with E-state index in [4.69, 9.17) is 0 Å². The number of fused-ring (bicyclic) bond motifs is 2. The Morgan fingerprint density at radius 2 is 1.60 bits per heavy atom. The van der Waals surface area contributed by atoms with Crippen LogP contribution in [0.4, 0.5) is 14.5 Å². The molecule has 2 amide bonds. The SMILES string of the molecule is Cc1cc(C(=O)N2CCC3(CC2)CN(C(=O)C2CC2c2ccc(F)c(F)c2)c2ccccc23)cc(C)c1C(=O)O. The number of carbonyl (C=O) groups excluding carboxylic acids is 2. The lowest BCUT2D eigenvalue weighted by Crippen LogP contribution is -2.48. The zero-order chi connectivity index (χ0) is 28.3. The van der Waals surface area contributed by atoms with Crippen LogP contribution in [0.5, 0.6) is 0 Å². The van der Waals surface area contributed by atoms with Gasteiger partial charge in [0.05, 0.1) is 5.56 Å². The molecule has 1 N–H and O–H groups in total. The van der Waals surface area contributed by atoms with E-state index < -0.39 is 17.6 Å². The molecule has 1 saturated heterocycles. The van der Waals surface area contributed by atoms with Gasteiger partial charge in [0.2, 0.25) is 5.91 Å². The summed E-state index contributed by atoms with van der Waals surface area (Å²) >= 11 is 0. The second-order valence-corrected chi connectivity index (χ2v) is 11.4. The van der Waals surface area contributed by atoms with Crippen molar-refractivity contribution >= 4 is 23.5 Å². The molecule has 2 heterocycles. The highest BCUT2D eigenvalue weighted by Crippen LogP contribution is 2.53. The summed E-state index contributed by atoms with van der Waals surface area (Å²) in [5.41, 5.74) is 4.20. The number of rotatable bonds is 4. The first kappa shape index (κ1) is 26.2. The van der Waals surface area contributed by atoms with Gasteiger partial charge in [-0.1, -0.05) is 24.3 Å². The van der Waals surface area contributed by atoms with Crippen LogP contribution >= 0.6 is 0 Å². The molecule has 2 aliphatic heterocycles. The molecule has 2 atom stereocenters. The van der Waals surface area contributed by atoms with Gasteiger partial charge in [-0.25, -0.2) is 13.6 Å². The molecule has 3 aliphatic rings. The zero-order valence-corrected chi connectivity index (χ0v) is 22.4. The van der Waals surface area contributed by atoms with Gasteiger partial charge in [-0.2, -0.15) is 0 Å². The molecule has 1 spiro atoms. The van der Waals surface area contributed by atoms with Crippen LogP contribution in [0.3, 0.4) is 0 Å². The minimum Gasteiger partial charge on any atom is -0.478 e. The van der Waals surface area contributed by atoms with E-state index in [9.17, 15) is 28.3 Å². The first-order chi connectivity index (χ1) is 19.1. The van der Waals surface area contributed by atoms with Gasteiger partial charge in [0, 0.05) is 42.2 Å². The number of nitrogens with zero attached hydrogens (tertiary/aromatic N) is 2. The fourth-order valence-corrected chi connectivity index (χ4v) is 6.78. The molecule has 3 aromatic rings. The van der Waals surface area contributed by atoms with Crippen LogP contribution in [-0.2, 0) is 10.2 Å². The standard InChI is InChI=1S/C32H30F2N2O4/c1-18-13-21(14-19(2)28(18)31(39)40)29(37)35-11-9-32(10-12-35)17-36(27-6-4-3-5-24(27)32)30(38)23-16-22(23)20-7-8-25(33)26(34)15-20/h3-8,13-15,22-23H,9-12,16-17H2,1-2H3,(H,39,40). The second kappa shape index (κ2) is 9.54. The highest BCUT2D eigenvalue weighted by molar-refractivity contribution is 6.00. The Hall–Kier alpha value is -4.07. The largest absolute Gasteiger partial charge is 0.478 e. The molecule has 6 nitrogen and oxygen atoms in total. The van der Waals surface area contributed by atoms with Gasteiger partial charge in [-0.3, -0.25) is 9.59 Å². The molecule has 6 rings (SSSR count). The van der Waals surface area contributed by atoms with E-state index in [0.717, 1.165) is 17.3 Å². The van der Waals surface area contributed by atoms with Crippen LogP contribution in [0.1, 0.15) is 68.2 Å². The van der Waals surface area contributed by atoms with Crippen molar-refractivity contribution in [2.45, 2.75) is 44.4 Å². The van der Waals surface area contributed by atoms with Crippen LogP contribution in [0.15, 0.2) is 54.6 Å². The van der Waals surface area contributed by atoms with E-state index in [0.29, 0.717) is 61.2 Å². The zero-order valence-electron chi connectivity index (χ0n) is 22.4. The Morgan fingerprint density at radius 3 is 2.25 bits per heavy atom.